The highest BCUT2D eigenvalue weighted by molar-refractivity contribution is 5.77. The minimum Gasteiger partial charge on any atom is -0.351 e. The zero-order chi connectivity index (χ0) is 14.2. The molecular weight excluding hydrogens is 252 g/mol. The van der Waals surface area contributed by atoms with Gasteiger partial charge in [0.1, 0.15) is 0 Å². The van der Waals surface area contributed by atoms with Crippen molar-refractivity contribution < 1.29 is 4.79 Å². The predicted molar refractivity (Wildman–Crippen MR) is 77.9 cm³/mol. The van der Waals surface area contributed by atoms with Crippen LogP contribution in [0.1, 0.15) is 18.2 Å². The van der Waals surface area contributed by atoms with E-state index in [1.165, 1.54) is 0 Å². The Morgan fingerprint density at radius 2 is 2.05 bits per heavy atom. The van der Waals surface area contributed by atoms with E-state index >= 15 is 0 Å². The Morgan fingerprint density at radius 1 is 1.25 bits per heavy atom. The van der Waals surface area contributed by atoms with Gasteiger partial charge >= 0.3 is 0 Å². The quantitative estimate of drug-likeness (QED) is 0.799. The molecule has 0 saturated carbocycles. The zero-order valence-corrected chi connectivity index (χ0v) is 11.7. The van der Waals surface area contributed by atoms with E-state index in [1.54, 1.807) is 6.33 Å². The van der Waals surface area contributed by atoms with Gasteiger partial charge in [-0.3, -0.25) is 4.79 Å². The zero-order valence-electron chi connectivity index (χ0n) is 11.7. The summed E-state index contributed by atoms with van der Waals surface area (Å²) in [6, 6.07) is 9.88. The third-order valence-electron chi connectivity index (χ3n) is 3.06. The normalized spacial score (nSPS) is 10.4. The molecular formula is C15H20N4O. The van der Waals surface area contributed by atoms with Crippen molar-refractivity contribution >= 4 is 5.91 Å². The summed E-state index contributed by atoms with van der Waals surface area (Å²) in [5, 5.41) is 6.01. The van der Waals surface area contributed by atoms with Crippen LogP contribution in [0.5, 0.6) is 0 Å². The number of benzene rings is 1. The molecule has 1 aromatic carbocycles. The van der Waals surface area contributed by atoms with Gasteiger partial charge in [0.25, 0.3) is 0 Å². The van der Waals surface area contributed by atoms with Crippen LogP contribution < -0.4 is 10.6 Å². The van der Waals surface area contributed by atoms with E-state index in [4.69, 9.17) is 0 Å². The monoisotopic (exact) mass is 272 g/mol. The second kappa shape index (κ2) is 7.45. The molecule has 0 aliphatic carbocycles. The number of imidazole rings is 1. The molecule has 0 fully saturated rings. The first-order chi connectivity index (χ1) is 9.79. The third kappa shape index (κ3) is 4.20. The highest BCUT2D eigenvalue weighted by Gasteiger charge is 2.03. The number of aromatic nitrogens is 2. The first kappa shape index (κ1) is 14.3. The van der Waals surface area contributed by atoms with Gasteiger partial charge < -0.3 is 15.2 Å². The number of nitrogens with zero attached hydrogens (tertiary/aromatic N) is 2. The van der Waals surface area contributed by atoms with Gasteiger partial charge in [0.05, 0.1) is 18.6 Å². The topological polar surface area (TPSA) is 59.0 Å². The smallest absolute Gasteiger partial charge is 0.234 e. The maximum Gasteiger partial charge on any atom is 0.234 e. The summed E-state index contributed by atoms with van der Waals surface area (Å²) >= 11 is 0. The van der Waals surface area contributed by atoms with Crippen molar-refractivity contribution in [3.05, 3.63) is 54.1 Å². The Morgan fingerprint density at radius 3 is 2.80 bits per heavy atom. The number of nitrogens with one attached hydrogen (secondary N) is 2. The molecule has 5 heteroatoms. The van der Waals surface area contributed by atoms with Crippen LogP contribution in [0.4, 0.5) is 0 Å². The molecule has 0 saturated heterocycles. The minimum absolute atomic E-state index is 0.00332. The van der Waals surface area contributed by atoms with Crippen molar-refractivity contribution in [1.29, 1.82) is 0 Å². The highest BCUT2D eigenvalue weighted by Crippen LogP contribution is 1.98. The van der Waals surface area contributed by atoms with Gasteiger partial charge in [-0.1, -0.05) is 30.3 Å². The van der Waals surface area contributed by atoms with E-state index in [0.717, 1.165) is 17.8 Å². The molecule has 1 aromatic heterocycles. The van der Waals surface area contributed by atoms with E-state index in [-0.39, 0.29) is 5.91 Å². The molecule has 5 nitrogen and oxygen atoms in total. The van der Waals surface area contributed by atoms with Gasteiger partial charge in [-0.25, -0.2) is 4.98 Å². The molecule has 106 valence electrons. The highest BCUT2D eigenvalue weighted by atomic mass is 16.1. The molecule has 2 aromatic rings. The first-order valence-electron chi connectivity index (χ1n) is 6.80. The summed E-state index contributed by atoms with van der Waals surface area (Å²) < 4.78 is 2.05. The molecule has 20 heavy (non-hydrogen) atoms. The van der Waals surface area contributed by atoms with Crippen molar-refractivity contribution in [2.45, 2.75) is 26.6 Å². The van der Waals surface area contributed by atoms with Crippen LogP contribution in [0, 0.1) is 0 Å². The molecule has 0 radical (unpaired) electrons. The molecule has 0 bridgehead atoms. The Balaban J connectivity index is 1.68. The van der Waals surface area contributed by atoms with Crippen LogP contribution in [0.25, 0.3) is 0 Å². The Labute approximate surface area is 119 Å². The number of amides is 1. The van der Waals surface area contributed by atoms with Gasteiger partial charge in [-0.05, 0) is 12.5 Å². The number of hydrogen-bond acceptors (Lipinski definition) is 3. The summed E-state index contributed by atoms with van der Waals surface area (Å²) in [4.78, 5) is 15.8. The first-order valence-corrected chi connectivity index (χ1v) is 6.80. The summed E-state index contributed by atoms with van der Waals surface area (Å²) in [5.74, 6) is -0.00332. The van der Waals surface area contributed by atoms with Crippen molar-refractivity contribution in [2.24, 2.45) is 0 Å². The number of hydrogen-bond donors (Lipinski definition) is 2. The van der Waals surface area contributed by atoms with E-state index < -0.39 is 0 Å². The standard InChI is InChI=1S/C15H20N4O/c1-2-19-12-17-10-14(19)9-16-11-15(20)18-8-13-6-4-3-5-7-13/h3-7,10,12,16H,2,8-9,11H2,1H3,(H,18,20). The van der Waals surface area contributed by atoms with Crippen LogP contribution in [-0.2, 0) is 24.4 Å². The fourth-order valence-electron chi connectivity index (χ4n) is 1.94. The van der Waals surface area contributed by atoms with E-state index in [2.05, 4.69) is 27.1 Å². The van der Waals surface area contributed by atoms with Gasteiger partial charge in [0.2, 0.25) is 5.91 Å². The molecule has 2 rings (SSSR count). The lowest BCUT2D eigenvalue weighted by Crippen LogP contribution is -2.33. The van der Waals surface area contributed by atoms with Crippen molar-refractivity contribution in [2.75, 3.05) is 6.54 Å². The lowest BCUT2D eigenvalue weighted by atomic mass is 10.2. The fourth-order valence-corrected chi connectivity index (χ4v) is 1.94. The molecule has 0 atom stereocenters. The molecule has 0 spiro atoms. The largest absolute Gasteiger partial charge is 0.351 e. The van der Waals surface area contributed by atoms with Crippen molar-refractivity contribution in [1.82, 2.24) is 20.2 Å². The number of aryl methyl sites for hydroxylation is 1. The SMILES string of the molecule is CCn1cncc1CNCC(=O)NCc1ccccc1. The Hall–Kier alpha value is -2.14. The summed E-state index contributed by atoms with van der Waals surface area (Å²) in [7, 11) is 0. The van der Waals surface area contributed by atoms with Gasteiger partial charge in [0, 0.05) is 25.8 Å². The number of carbonyl (C=O) groups excluding carboxylic acids is 1. The molecule has 0 unspecified atom stereocenters. The average molecular weight is 272 g/mol. The lowest BCUT2D eigenvalue weighted by Gasteiger charge is -2.08. The maximum atomic E-state index is 11.7. The number of rotatable bonds is 7. The Kier molecular flexibility index (Phi) is 5.32. The fraction of sp³-hybridized carbons (Fsp3) is 0.333. The van der Waals surface area contributed by atoms with E-state index in [0.29, 0.717) is 19.6 Å². The van der Waals surface area contributed by atoms with Crippen LogP contribution in [0.2, 0.25) is 0 Å². The second-order valence-electron chi connectivity index (χ2n) is 4.54. The van der Waals surface area contributed by atoms with Crippen LogP contribution in [-0.4, -0.2) is 22.0 Å². The summed E-state index contributed by atoms with van der Waals surface area (Å²) in [6.45, 7) is 4.47. The molecule has 0 aliphatic heterocycles. The third-order valence-corrected chi connectivity index (χ3v) is 3.06. The predicted octanol–water partition coefficient (Wildman–Crippen LogP) is 1.31. The molecule has 1 amide bonds. The van der Waals surface area contributed by atoms with Gasteiger partial charge in [-0.15, -0.1) is 0 Å². The van der Waals surface area contributed by atoms with Gasteiger partial charge in [0.15, 0.2) is 0 Å². The minimum atomic E-state index is -0.00332. The van der Waals surface area contributed by atoms with E-state index in [9.17, 15) is 4.79 Å². The summed E-state index contributed by atoms with van der Waals surface area (Å²) in [6.07, 6.45) is 3.62. The molecule has 0 aliphatic rings. The summed E-state index contributed by atoms with van der Waals surface area (Å²) in [5.41, 5.74) is 2.19. The van der Waals surface area contributed by atoms with Gasteiger partial charge in [-0.2, -0.15) is 0 Å². The van der Waals surface area contributed by atoms with E-state index in [1.807, 2.05) is 36.5 Å². The lowest BCUT2D eigenvalue weighted by molar-refractivity contribution is -0.120. The van der Waals surface area contributed by atoms with Crippen molar-refractivity contribution in [3.8, 4) is 0 Å². The van der Waals surface area contributed by atoms with Crippen LogP contribution in [0.15, 0.2) is 42.9 Å². The molecule has 1 heterocycles. The molecule has 2 N–H and O–H groups in total. The van der Waals surface area contributed by atoms with Crippen LogP contribution in [0.3, 0.4) is 0 Å². The maximum absolute atomic E-state index is 11.7. The second-order valence-corrected chi connectivity index (χ2v) is 4.54. The average Bonchev–Trinajstić information content (AvgIpc) is 2.94. The number of carbonyl (C=O) groups is 1. The Bertz CT molecular complexity index is 536. The van der Waals surface area contributed by atoms with Crippen LogP contribution >= 0.6 is 0 Å². The van der Waals surface area contributed by atoms with Crippen molar-refractivity contribution in [3.63, 3.8) is 0 Å².